The maximum atomic E-state index is 12.0. The average molecular weight is 282 g/mol. The van der Waals surface area contributed by atoms with Crippen molar-refractivity contribution in [3.8, 4) is 5.75 Å². The van der Waals surface area contributed by atoms with Crippen LogP contribution in [-0.4, -0.2) is 16.2 Å². The van der Waals surface area contributed by atoms with E-state index in [0.717, 1.165) is 5.56 Å². The van der Waals surface area contributed by atoms with Gasteiger partial charge in [0.15, 0.2) is 6.10 Å². The number of cyclic esters (lactones) is 1. The Labute approximate surface area is 121 Å². The van der Waals surface area contributed by atoms with Gasteiger partial charge in [0, 0.05) is 12.0 Å². The summed E-state index contributed by atoms with van der Waals surface area (Å²) in [5.41, 5.74) is 1.84. The first-order valence-corrected chi connectivity index (χ1v) is 6.61. The first kappa shape index (κ1) is 13.2. The van der Waals surface area contributed by atoms with Gasteiger partial charge in [-0.25, -0.2) is 4.79 Å². The van der Waals surface area contributed by atoms with Crippen LogP contribution in [0.25, 0.3) is 0 Å². The smallest absolute Gasteiger partial charge is 0.338 e. The summed E-state index contributed by atoms with van der Waals surface area (Å²) in [6.07, 6.45) is -0.461. The molecule has 0 aromatic heterocycles. The molecule has 0 saturated heterocycles. The van der Waals surface area contributed by atoms with E-state index in [0.29, 0.717) is 12.0 Å². The monoisotopic (exact) mass is 282 g/mol. The number of aromatic hydroxyl groups is 1. The first-order valence-electron chi connectivity index (χ1n) is 6.61. The number of benzene rings is 2. The predicted molar refractivity (Wildman–Crippen MR) is 76.7 cm³/mol. The van der Waals surface area contributed by atoms with E-state index in [-0.39, 0.29) is 17.1 Å². The van der Waals surface area contributed by atoms with Gasteiger partial charge in [0.2, 0.25) is 0 Å². The van der Waals surface area contributed by atoms with Gasteiger partial charge in [0.1, 0.15) is 11.5 Å². The number of ether oxygens (including phenoxy) is 1. The van der Waals surface area contributed by atoms with Crippen molar-refractivity contribution >= 4 is 5.97 Å². The highest BCUT2D eigenvalue weighted by molar-refractivity contribution is 5.92. The summed E-state index contributed by atoms with van der Waals surface area (Å²) >= 11 is 0. The Morgan fingerprint density at radius 3 is 2.29 bits per heavy atom. The van der Waals surface area contributed by atoms with E-state index in [1.807, 2.05) is 30.3 Å². The van der Waals surface area contributed by atoms with Crippen LogP contribution in [0.1, 0.15) is 17.2 Å². The zero-order valence-corrected chi connectivity index (χ0v) is 11.2. The first-order chi connectivity index (χ1) is 10.1. The molecule has 1 heterocycles. The molecule has 1 aliphatic heterocycles. The topological polar surface area (TPSA) is 66.8 Å². The molecule has 2 N–H and O–H groups in total. The Morgan fingerprint density at radius 1 is 0.952 bits per heavy atom. The molecule has 0 spiro atoms. The number of esters is 1. The highest BCUT2D eigenvalue weighted by Gasteiger charge is 2.35. The maximum Gasteiger partial charge on any atom is 0.338 e. The molecule has 0 saturated carbocycles. The molecule has 4 heteroatoms. The summed E-state index contributed by atoms with van der Waals surface area (Å²) in [7, 11) is 0. The van der Waals surface area contributed by atoms with Crippen molar-refractivity contribution in [2.75, 3.05) is 0 Å². The van der Waals surface area contributed by atoms with Crippen molar-refractivity contribution in [2.45, 2.75) is 12.5 Å². The number of hydrogen-bond donors (Lipinski definition) is 2. The van der Waals surface area contributed by atoms with Crippen molar-refractivity contribution in [3.05, 3.63) is 77.1 Å². The minimum absolute atomic E-state index is 0.0606. The number of hydrogen-bond acceptors (Lipinski definition) is 4. The minimum Gasteiger partial charge on any atom is -0.508 e. The molecular formula is C17H14O4. The molecule has 0 unspecified atom stereocenters. The van der Waals surface area contributed by atoms with Crippen LogP contribution in [0.3, 0.4) is 0 Å². The van der Waals surface area contributed by atoms with Gasteiger partial charge in [-0.3, -0.25) is 0 Å². The van der Waals surface area contributed by atoms with Crippen LogP contribution >= 0.6 is 0 Å². The summed E-state index contributed by atoms with van der Waals surface area (Å²) in [6, 6.07) is 15.7. The number of carbonyl (C=O) groups is 1. The number of carbonyl (C=O) groups excluding carboxylic acids is 1. The summed E-state index contributed by atoms with van der Waals surface area (Å²) in [5.74, 6) is -0.444. The SMILES string of the molecule is O=C1O[C@H](c2ccc(O)cc2)C(O)=C1Cc1ccccc1. The van der Waals surface area contributed by atoms with Crippen molar-refractivity contribution < 1.29 is 19.7 Å². The van der Waals surface area contributed by atoms with Gasteiger partial charge in [0.25, 0.3) is 0 Å². The fourth-order valence-electron chi connectivity index (χ4n) is 2.33. The Balaban J connectivity index is 1.89. The molecule has 0 radical (unpaired) electrons. The molecule has 0 fully saturated rings. The Bertz CT molecular complexity index is 686. The van der Waals surface area contributed by atoms with E-state index < -0.39 is 12.1 Å². The van der Waals surface area contributed by atoms with Gasteiger partial charge in [-0.05, 0) is 17.7 Å². The van der Waals surface area contributed by atoms with E-state index >= 15 is 0 Å². The molecule has 4 nitrogen and oxygen atoms in total. The Hall–Kier alpha value is -2.75. The quantitative estimate of drug-likeness (QED) is 0.849. The number of aliphatic hydroxyl groups is 1. The third-order valence-electron chi connectivity index (χ3n) is 3.45. The van der Waals surface area contributed by atoms with E-state index in [1.165, 1.54) is 12.1 Å². The van der Waals surface area contributed by atoms with Crippen LogP contribution in [-0.2, 0) is 16.0 Å². The minimum atomic E-state index is -0.795. The Morgan fingerprint density at radius 2 is 1.62 bits per heavy atom. The van der Waals surface area contributed by atoms with Crippen LogP contribution in [0.2, 0.25) is 0 Å². The lowest BCUT2D eigenvalue weighted by atomic mass is 10.0. The molecule has 2 aromatic rings. The highest BCUT2D eigenvalue weighted by atomic mass is 16.6. The Kier molecular flexibility index (Phi) is 3.36. The summed E-state index contributed by atoms with van der Waals surface area (Å²) in [5, 5.41) is 19.6. The normalized spacial score (nSPS) is 17.9. The van der Waals surface area contributed by atoms with Crippen LogP contribution in [0.5, 0.6) is 5.75 Å². The van der Waals surface area contributed by atoms with Crippen molar-refractivity contribution in [1.29, 1.82) is 0 Å². The van der Waals surface area contributed by atoms with Crippen LogP contribution in [0.15, 0.2) is 65.9 Å². The lowest BCUT2D eigenvalue weighted by Crippen LogP contribution is -2.04. The second-order valence-electron chi connectivity index (χ2n) is 4.90. The average Bonchev–Trinajstić information content (AvgIpc) is 2.77. The maximum absolute atomic E-state index is 12.0. The van der Waals surface area contributed by atoms with Gasteiger partial charge in [0.05, 0.1) is 5.57 Å². The molecule has 21 heavy (non-hydrogen) atoms. The molecule has 0 aliphatic carbocycles. The van der Waals surface area contributed by atoms with Gasteiger partial charge >= 0.3 is 5.97 Å². The summed E-state index contributed by atoms with van der Waals surface area (Å²) in [6.45, 7) is 0. The molecule has 0 amide bonds. The zero-order valence-electron chi connectivity index (χ0n) is 11.2. The number of rotatable bonds is 3. The third-order valence-corrected chi connectivity index (χ3v) is 3.45. The zero-order chi connectivity index (χ0) is 14.8. The largest absolute Gasteiger partial charge is 0.508 e. The molecule has 2 aromatic carbocycles. The van der Waals surface area contributed by atoms with E-state index in [2.05, 4.69) is 0 Å². The fraction of sp³-hybridized carbons (Fsp3) is 0.118. The molecular weight excluding hydrogens is 268 g/mol. The molecule has 1 atom stereocenters. The lowest BCUT2D eigenvalue weighted by molar-refractivity contribution is -0.140. The standard InChI is InChI=1S/C17H14O4/c18-13-8-6-12(7-9-13)16-15(19)14(17(20)21-16)10-11-4-2-1-3-5-11/h1-9,16,18-19H,10H2/t16-/m1/s1. The van der Waals surface area contributed by atoms with Crippen molar-refractivity contribution in [3.63, 3.8) is 0 Å². The van der Waals surface area contributed by atoms with Gasteiger partial charge in [-0.15, -0.1) is 0 Å². The second-order valence-corrected chi connectivity index (χ2v) is 4.90. The predicted octanol–water partition coefficient (Wildman–Crippen LogP) is 3.04. The van der Waals surface area contributed by atoms with Gasteiger partial charge < -0.3 is 14.9 Å². The summed E-state index contributed by atoms with van der Waals surface area (Å²) < 4.78 is 5.24. The van der Waals surface area contributed by atoms with E-state index in [1.54, 1.807) is 12.1 Å². The number of aliphatic hydroxyl groups excluding tert-OH is 1. The molecule has 3 rings (SSSR count). The lowest BCUT2D eigenvalue weighted by Gasteiger charge is -2.10. The number of phenolic OH excluding ortho intramolecular Hbond substituents is 1. The number of phenols is 1. The van der Waals surface area contributed by atoms with Crippen LogP contribution in [0.4, 0.5) is 0 Å². The second kappa shape index (κ2) is 5.32. The van der Waals surface area contributed by atoms with E-state index in [9.17, 15) is 15.0 Å². The van der Waals surface area contributed by atoms with Gasteiger partial charge in [-0.2, -0.15) is 0 Å². The fourth-order valence-corrected chi connectivity index (χ4v) is 2.33. The highest BCUT2D eigenvalue weighted by Crippen LogP contribution is 2.35. The van der Waals surface area contributed by atoms with Crippen molar-refractivity contribution in [2.24, 2.45) is 0 Å². The van der Waals surface area contributed by atoms with Crippen LogP contribution in [0, 0.1) is 0 Å². The van der Waals surface area contributed by atoms with Crippen LogP contribution < -0.4 is 0 Å². The van der Waals surface area contributed by atoms with Gasteiger partial charge in [-0.1, -0.05) is 42.5 Å². The third kappa shape index (κ3) is 2.60. The van der Waals surface area contributed by atoms with Crippen molar-refractivity contribution in [1.82, 2.24) is 0 Å². The molecule has 0 bridgehead atoms. The summed E-state index contributed by atoms with van der Waals surface area (Å²) in [4.78, 5) is 12.0. The molecule has 106 valence electrons. The molecule has 1 aliphatic rings. The van der Waals surface area contributed by atoms with E-state index in [4.69, 9.17) is 4.74 Å².